The molecule has 0 radical (unpaired) electrons. The molecule has 1 aromatic rings. The molecule has 1 aromatic carbocycles. The van der Waals surface area contributed by atoms with E-state index in [9.17, 15) is 18.4 Å². The molecule has 0 fully saturated rings. The van der Waals surface area contributed by atoms with Gasteiger partial charge in [0.05, 0.1) is 18.6 Å². The second kappa shape index (κ2) is 5.54. The summed E-state index contributed by atoms with van der Waals surface area (Å²) in [6.45, 7) is -0.305. The Kier molecular flexibility index (Phi) is 4.33. The van der Waals surface area contributed by atoms with Gasteiger partial charge in [0.25, 0.3) is 0 Å². The highest BCUT2D eigenvalue weighted by Gasteiger charge is 2.24. The third-order valence-corrected chi connectivity index (χ3v) is 2.39. The molecule has 3 N–H and O–H groups in total. The lowest BCUT2D eigenvalue weighted by Crippen LogP contribution is -2.22. The minimum absolute atomic E-state index is 0.0932. The molecule has 0 spiro atoms. The van der Waals surface area contributed by atoms with Gasteiger partial charge in [-0.3, -0.25) is 4.79 Å². The Morgan fingerprint density at radius 2 is 2.06 bits per heavy atom. The molecule has 7 heteroatoms. The van der Waals surface area contributed by atoms with E-state index in [-0.39, 0.29) is 12.1 Å². The lowest BCUT2D eigenvalue weighted by molar-refractivity contribution is -0.138. The summed E-state index contributed by atoms with van der Waals surface area (Å²) in [5.41, 5.74) is 4.49. The SMILES string of the molecule is COC(=O)c1cc(C(CN)C(=O)O)cc(F)c1F. The van der Waals surface area contributed by atoms with Crippen LogP contribution >= 0.6 is 0 Å². The van der Waals surface area contributed by atoms with E-state index in [1.54, 1.807) is 0 Å². The van der Waals surface area contributed by atoms with Crippen molar-refractivity contribution in [2.75, 3.05) is 13.7 Å². The standard InChI is InChI=1S/C11H11F2NO4/c1-18-11(17)6-2-5(3-8(12)9(6)13)7(4-14)10(15)16/h2-3,7H,4,14H2,1H3,(H,15,16). The van der Waals surface area contributed by atoms with Crippen LogP contribution in [0.15, 0.2) is 12.1 Å². The van der Waals surface area contributed by atoms with Gasteiger partial charge in [-0.1, -0.05) is 0 Å². The zero-order valence-electron chi connectivity index (χ0n) is 9.44. The van der Waals surface area contributed by atoms with Crippen molar-refractivity contribution in [2.45, 2.75) is 5.92 Å². The fourth-order valence-electron chi connectivity index (χ4n) is 1.45. The number of carbonyl (C=O) groups is 2. The maximum atomic E-state index is 13.3. The van der Waals surface area contributed by atoms with E-state index in [0.29, 0.717) is 6.07 Å². The van der Waals surface area contributed by atoms with Crippen LogP contribution in [0.5, 0.6) is 0 Å². The summed E-state index contributed by atoms with van der Waals surface area (Å²) < 4.78 is 30.9. The van der Waals surface area contributed by atoms with Crippen LogP contribution in [0.2, 0.25) is 0 Å². The lowest BCUT2D eigenvalue weighted by atomic mass is 9.97. The van der Waals surface area contributed by atoms with Crippen molar-refractivity contribution < 1.29 is 28.2 Å². The molecule has 0 aliphatic heterocycles. The summed E-state index contributed by atoms with van der Waals surface area (Å²) in [5.74, 6) is -6.31. The first-order valence-corrected chi connectivity index (χ1v) is 4.92. The normalized spacial score (nSPS) is 12.0. The van der Waals surface area contributed by atoms with Crippen LogP contribution in [0.3, 0.4) is 0 Å². The number of rotatable bonds is 4. The van der Waals surface area contributed by atoms with Gasteiger partial charge in [-0.05, 0) is 17.7 Å². The molecular formula is C11H11F2NO4. The fourth-order valence-corrected chi connectivity index (χ4v) is 1.45. The van der Waals surface area contributed by atoms with Crippen LogP contribution in [0, 0.1) is 11.6 Å². The quantitative estimate of drug-likeness (QED) is 0.783. The van der Waals surface area contributed by atoms with Gasteiger partial charge in [0.15, 0.2) is 11.6 Å². The Morgan fingerprint density at radius 1 is 1.44 bits per heavy atom. The van der Waals surface area contributed by atoms with E-state index in [4.69, 9.17) is 10.8 Å². The molecule has 98 valence electrons. The Balaban J connectivity index is 3.36. The molecule has 5 nitrogen and oxygen atoms in total. The van der Waals surface area contributed by atoms with Crippen LogP contribution in [0.25, 0.3) is 0 Å². The van der Waals surface area contributed by atoms with Crippen molar-refractivity contribution >= 4 is 11.9 Å². The minimum Gasteiger partial charge on any atom is -0.481 e. The molecule has 0 bridgehead atoms. The van der Waals surface area contributed by atoms with Crippen molar-refractivity contribution in [3.63, 3.8) is 0 Å². The van der Waals surface area contributed by atoms with E-state index in [1.165, 1.54) is 0 Å². The molecule has 0 heterocycles. The van der Waals surface area contributed by atoms with E-state index in [2.05, 4.69) is 4.74 Å². The number of carboxylic acids is 1. The molecule has 1 rings (SSSR count). The number of esters is 1. The number of nitrogens with two attached hydrogens (primary N) is 1. The number of aliphatic carboxylic acids is 1. The number of carboxylic acid groups (broad SMARTS) is 1. The third-order valence-electron chi connectivity index (χ3n) is 2.39. The van der Waals surface area contributed by atoms with Crippen molar-refractivity contribution in [1.29, 1.82) is 0 Å². The average Bonchev–Trinajstić information content (AvgIpc) is 2.32. The number of hydrogen-bond acceptors (Lipinski definition) is 4. The number of carbonyl (C=O) groups excluding carboxylic acids is 1. The summed E-state index contributed by atoms with van der Waals surface area (Å²) in [5, 5.41) is 8.86. The highest BCUT2D eigenvalue weighted by molar-refractivity contribution is 5.90. The van der Waals surface area contributed by atoms with Crippen molar-refractivity contribution in [2.24, 2.45) is 5.73 Å². The van der Waals surface area contributed by atoms with Crippen molar-refractivity contribution in [1.82, 2.24) is 0 Å². The van der Waals surface area contributed by atoms with E-state index >= 15 is 0 Å². The Hall–Kier alpha value is -2.02. The lowest BCUT2D eigenvalue weighted by Gasteiger charge is -2.12. The average molecular weight is 259 g/mol. The minimum atomic E-state index is -1.38. The Labute approximate surface area is 101 Å². The van der Waals surface area contributed by atoms with Crippen LogP contribution in [-0.4, -0.2) is 30.7 Å². The zero-order valence-corrected chi connectivity index (χ0v) is 9.44. The van der Waals surface area contributed by atoms with E-state index in [1.807, 2.05) is 0 Å². The van der Waals surface area contributed by atoms with Crippen LogP contribution in [0.1, 0.15) is 21.8 Å². The van der Waals surface area contributed by atoms with Gasteiger partial charge in [0.2, 0.25) is 0 Å². The molecule has 0 aliphatic carbocycles. The van der Waals surface area contributed by atoms with Gasteiger partial charge in [0, 0.05) is 6.54 Å². The number of ether oxygens (including phenoxy) is 1. The van der Waals surface area contributed by atoms with E-state index in [0.717, 1.165) is 13.2 Å². The van der Waals surface area contributed by atoms with Gasteiger partial charge < -0.3 is 15.6 Å². The second-order valence-corrected chi connectivity index (χ2v) is 3.48. The largest absolute Gasteiger partial charge is 0.481 e. The molecule has 1 atom stereocenters. The number of halogens is 2. The second-order valence-electron chi connectivity index (χ2n) is 3.48. The van der Waals surface area contributed by atoms with Gasteiger partial charge in [-0.25, -0.2) is 13.6 Å². The number of hydrogen-bond donors (Lipinski definition) is 2. The summed E-state index contributed by atoms with van der Waals surface area (Å²) in [4.78, 5) is 22.1. The summed E-state index contributed by atoms with van der Waals surface area (Å²) in [7, 11) is 1.00. The van der Waals surface area contributed by atoms with Crippen molar-refractivity contribution in [3.05, 3.63) is 34.9 Å². The Morgan fingerprint density at radius 3 is 2.50 bits per heavy atom. The highest BCUT2D eigenvalue weighted by Crippen LogP contribution is 2.22. The van der Waals surface area contributed by atoms with Gasteiger partial charge >= 0.3 is 11.9 Å². The Bertz CT molecular complexity index is 490. The molecule has 18 heavy (non-hydrogen) atoms. The zero-order chi connectivity index (χ0) is 13.9. The van der Waals surface area contributed by atoms with Crippen LogP contribution in [0.4, 0.5) is 8.78 Å². The smallest absolute Gasteiger partial charge is 0.340 e. The maximum absolute atomic E-state index is 13.3. The number of methoxy groups -OCH3 is 1. The predicted molar refractivity (Wildman–Crippen MR) is 57.1 cm³/mol. The van der Waals surface area contributed by atoms with Crippen LogP contribution in [-0.2, 0) is 9.53 Å². The van der Waals surface area contributed by atoms with Gasteiger partial charge in [0.1, 0.15) is 0 Å². The summed E-state index contributed by atoms with van der Waals surface area (Å²) >= 11 is 0. The maximum Gasteiger partial charge on any atom is 0.340 e. The highest BCUT2D eigenvalue weighted by atomic mass is 19.2. The molecule has 0 aromatic heterocycles. The van der Waals surface area contributed by atoms with E-state index < -0.39 is 35.1 Å². The molecular weight excluding hydrogens is 248 g/mol. The predicted octanol–water partition coefficient (Wildman–Crippen LogP) is 0.878. The third kappa shape index (κ3) is 2.62. The first-order valence-electron chi connectivity index (χ1n) is 4.92. The molecule has 0 amide bonds. The molecule has 1 unspecified atom stereocenters. The first kappa shape index (κ1) is 14.0. The monoisotopic (exact) mass is 259 g/mol. The number of benzene rings is 1. The van der Waals surface area contributed by atoms with Crippen molar-refractivity contribution in [3.8, 4) is 0 Å². The summed E-state index contributed by atoms with van der Waals surface area (Å²) in [6.07, 6.45) is 0. The fraction of sp³-hybridized carbons (Fsp3) is 0.273. The summed E-state index contributed by atoms with van der Waals surface area (Å²) in [6, 6.07) is 1.63. The molecule has 0 saturated carbocycles. The van der Waals surface area contributed by atoms with Gasteiger partial charge in [-0.2, -0.15) is 0 Å². The van der Waals surface area contributed by atoms with Gasteiger partial charge in [-0.15, -0.1) is 0 Å². The molecule has 0 aliphatic rings. The first-order chi connectivity index (χ1) is 8.42. The van der Waals surface area contributed by atoms with Crippen LogP contribution < -0.4 is 5.73 Å². The molecule has 0 saturated heterocycles. The topological polar surface area (TPSA) is 89.6 Å².